The molecule has 1 aliphatic rings. The van der Waals surface area contributed by atoms with E-state index in [1.54, 1.807) is 0 Å². The maximum Gasteiger partial charge on any atom is 0.408 e. The van der Waals surface area contributed by atoms with Crippen LogP contribution in [-0.4, -0.2) is 37.1 Å². The van der Waals surface area contributed by atoms with Gasteiger partial charge in [-0.15, -0.1) is 0 Å². The summed E-state index contributed by atoms with van der Waals surface area (Å²) >= 11 is 1.27. The highest BCUT2D eigenvalue weighted by Gasteiger charge is 2.49. The molecule has 142 valence electrons. The Balaban J connectivity index is 1.71. The summed E-state index contributed by atoms with van der Waals surface area (Å²) in [4.78, 5) is 17.5. The highest BCUT2D eigenvalue weighted by atomic mass is 32.1. The average Bonchev–Trinajstić information content (AvgIpc) is 3.17. The molecule has 0 bridgehead atoms. The van der Waals surface area contributed by atoms with Gasteiger partial charge in [0, 0.05) is 0 Å². The zero-order chi connectivity index (χ0) is 19.3. The lowest BCUT2D eigenvalue weighted by Gasteiger charge is -2.21. The minimum absolute atomic E-state index is 0.0221. The second-order valence-corrected chi connectivity index (χ2v) is 7.56. The fourth-order valence-corrected chi connectivity index (χ4v) is 3.70. The van der Waals surface area contributed by atoms with Gasteiger partial charge in [-0.25, -0.2) is 9.50 Å². The molecule has 1 amide bonds. The number of aromatic nitrogens is 4. The van der Waals surface area contributed by atoms with Gasteiger partial charge in [-0.2, -0.15) is 22.6 Å². The summed E-state index contributed by atoms with van der Waals surface area (Å²) in [7, 11) is 0. The van der Waals surface area contributed by atoms with Crippen molar-refractivity contribution in [1.82, 2.24) is 24.3 Å². The SMILES string of the molecule is Cc1cc(-c2cc(C)c3ncc(C(=O)N[C@H](C4CC4)C(F)(F)F)n3n2)sn1. The number of hydrogen-bond acceptors (Lipinski definition) is 5. The van der Waals surface area contributed by atoms with E-state index in [4.69, 9.17) is 0 Å². The van der Waals surface area contributed by atoms with Gasteiger partial charge in [0.25, 0.3) is 5.91 Å². The number of rotatable bonds is 4. The molecule has 6 nitrogen and oxygen atoms in total. The number of aryl methyl sites for hydroxylation is 2. The maximum absolute atomic E-state index is 13.2. The van der Waals surface area contributed by atoms with Gasteiger partial charge in [0.1, 0.15) is 11.7 Å². The van der Waals surface area contributed by atoms with Gasteiger partial charge < -0.3 is 5.32 Å². The van der Waals surface area contributed by atoms with Crippen LogP contribution in [0.2, 0.25) is 0 Å². The van der Waals surface area contributed by atoms with Crippen molar-refractivity contribution in [3.05, 3.63) is 35.3 Å². The Morgan fingerprint density at radius 1 is 1.33 bits per heavy atom. The third kappa shape index (κ3) is 3.41. The number of carbonyl (C=O) groups excluding carboxylic acids is 1. The molecule has 3 aromatic heterocycles. The van der Waals surface area contributed by atoms with E-state index in [9.17, 15) is 18.0 Å². The summed E-state index contributed by atoms with van der Waals surface area (Å²) < 4.78 is 45.2. The number of fused-ring (bicyclic) bond motifs is 1. The van der Waals surface area contributed by atoms with Crippen molar-refractivity contribution in [2.24, 2.45) is 5.92 Å². The molecule has 1 saturated carbocycles. The second kappa shape index (κ2) is 6.29. The van der Waals surface area contributed by atoms with Gasteiger partial charge in [0.05, 0.1) is 16.8 Å². The van der Waals surface area contributed by atoms with Crippen LogP contribution in [0.4, 0.5) is 13.2 Å². The minimum Gasteiger partial charge on any atom is -0.339 e. The highest BCUT2D eigenvalue weighted by molar-refractivity contribution is 7.09. The van der Waals surface area contributed by atoms with E-state index in [-0.39, 0.29) is 5.69 Å². The molecule has 1 N–H and O–H groups in total. The largest absolute Gasteiger partial charge is 0.408 e. The summed E-state index contributed by atoms with van der Waals surface area (Å²) in [6.45, 7) is 3.67. The van der Waals surface area contributed by atoms with E-state index in [1.165, 1.54) is 22.2 Å². The maximum atomic E-state index is 13.2. The van der Waals surface area contributed by atoms with E-state index in [0.717, 1.165) is 16.1 Å². The topological polar surface area (TPSA) is 72.2 Å². The molecule has 3 aromatic rings. The highest BCUT2D eigenvalue weighted by Crippen LogP contribution is 2.40. The average molecular weight is 395 g/mol. The number of alkyl halides is 3. The summed E-state index contributed by atoms with van der Waals surface area (Å²) in [5, 5.41) is 6.53. The van der Waals surface area contributed by atoms with Crippen molar-refractivity contribution in [2.45, 2.75) is 38.9 Å². The molecular weight excluding hydrogens is 379 g/mol. The molecule has 0 aliphatic heterocycles. The van der Waals surface area contributed by atoms with E-state index in [2.05, 4.69) is 19.8 Å². The lowest BCUT2D eigenvalue weighted by Crippen LogP contribution is -2.47. The van der Waals surface area contributed by atoms with Crippen LogP contribution in [0.1, 0.15) is 34.6 Å². The van der Waals surface area contributed by atoms with Crippen molar-refractivity contribution in [2.75, 3.05) is 0 Å². The second-order valence-electron chi connectivity index (χ2n) is 6.75. The number of hydrogen-bond donors (Lipinski definition) is 1. The van der Waals surface area contributed by atoms with Crippen LogP contribution in [0.25, 0.3) is 16.2 Å². The lowest BCUT2D eigenvalue weighted by atomic mass is 10.1. The Morgan fingerprint density at radius 2 is 2.07 bits per heavy atom. The van der Waals surface area contributed by atoms with Crippen LogP contribution in [-0.2, 0) is 0 Å². The molecule has 0 unspecified atom stereocenters. The van der Waals surface area contributed by atoms with Gasteiger partial charge in [-0.1, -0.05) is 0 Å². The summed E-state index contributed by atoms with van der Waals surface area (Å²) in [6, 6.07) is 1.84. The van der Waals surface area contributed by atoms with Crippen LogP contribution in [0.3, 0.4) is 0 Å². The first-order valence-corrected chi connectivity index (χ1v) is 9.18. The molecule has 4 rings (SSSR count). The molecule has 0 aromatic carbocycles. The minimum atomic E-state index is -4.48. The molecule has 1 aliphatic carbocycles. The Morgan fingerprint density at radius 3 is 2.67 bits per heavy atom. The van der Waals surface area contributed by atoms with Crippen molar-refractivity contribution >= 4 is 23.1 Å². The molecule has 27 heavy (non-hydrogen) atoms. The molecule has 0 spiro atoms. The summed E-state index contributed by atoms with van der Waals surface area (Å²) in [5.41, 5.74) is 2.61. The molecule has 0 saturated heterocycles. The Bertz CT molecular complexity index is 1020. The van der Waals surface area contributed by atoms with Crippen molar-refractivity contribution in [1.29, 1.82) is 0 Å². The van der Waals surface area contributed by atoms with Gasteiger partial charge in [-0.05, 0) is 61.8 Å². The molecule has 3 heterocycles. The van der Waals surface area contributed by atoms with Crippen molar-refractivity contribution in [3.63, 3.8) is 0 Å². The zero-order valence-corrected chi connectivity index (χ0v) is 15.4. The lowest BCUT2D eigenvalue weighted by molar-refractivity contribution is -0.158. The monoisotopic (exact) mass is 395 g/mol. The van der Waals surface area contributed by atoms with E-state index < -0.39 is 24.0 Å². The van der Waals surface area contributed by atoms with Gasteiger partial charge in [-0.3, -0.25) is 4.79 Å². The third-order valence-corrected chi connectivity index (χ3v) is 5.40. The predicted octanol–water partition coefficient (Wildman–Crippen LogP) is 3.54. The molecule has 10 heteroatoms. The van der Waals surface area contributed by atoms with Gasteiger partial charge >= 0.3 is 6.18 Å². The first-order valence-electron chi connectivity index (χ1n) is 8.40. The molecular formula is C17H16F3N5OS. The fraction of sp³-hybridized carbons (Fsp3) is 0.412. The number of amides is 1. The van der Waals surface area contributed by atoms with Crippen molar-refractivity contribution in [3.8, 4) is 10.6 Å². The third-order valence-electron chi connectivity index (χ3n) is 4.50. The fourth-order valence-electron chi connectivity index (χ4n) is 2.99. The van der Waals surface area contributed by atoms with Crippen LogP contribution in [0.15, 0.2) is 18.3 Å². The Kier molecular flexibility index (Phi) is 4.17. The predicted molar refractivity (Wildman–Crippen MR) is 93.6 cm³/mol. The molecule has 1 atom stereocenters. The number of imidazole rings is 1. The van der Waals surface area contributed by atoms with Crippen LogP contribution in [0, 0.1) is 19.8 Å². The smallest absolute Gasteiger partial charge is 0.339 e. The standard InChI is InChI=1S/C17H16F3N5OS/c1-8-5-11(13-6-9(2)24-27-13)23-25-12(7-21-15(8)25)16(26)22-14(10-3-4-10)17(18,19)20/h5-7,10,14H,3-4H2,1-2H3,(H,22,26)/t14-/m1/s1. The molecule has 1 fully saturated rings. The Labute approximate surface area is 156 Å². The molecule has 0 radical (unpaired) electrons. The first-order chi connectivity index (χ1) is 12.7. The van der Waals surface area contributed by atoms with Crippen LogP contribution < -0.4 is 5.32 Å². The van der Waals surface area contributed by atoms with Crippen LogP contribution >= 0.6 is 11.5 Å². The van der Waals surface area contributed by atoms with E-state index in [1.807, 2.05) is 26.0 Å². The number of carbonyl (C=O) groups is 1. The number of nitrogens with one attached hydrogen (secondary N) is 1. The zero-order valence-electron chi connectivity index (χ0n) is 14.5. The number of nitrogens with zero attached hydrogens (tertiary/aromatic N) is 4. The number of halogens is 3. The van der Waals surface area contributed by atoms with Gasteiger partial charge in [0.2, 0.25) is 0 Å². The van der Waals surface area contributed by atoms with Crippen LogP contribution in [0.5, 0.6) is 0 Å². The van der Waals surface area contributed by atoms with Crippen molar-refractivity contribution < 1.29 is 18.0 Å². The Hall–Kier alpha value is -2.49. The normalized spacial score (nSPS) is 15.9. The first kappa shape index (κ1) is 17.9. The quantitative estimate of drug-likeness (QED) is 0.734. The van der Waals surface area contributed by atoms with E-state index >= 15 is 0 Å². The summed E-state index contributed by atoms with van der Waals surface area (Å²) in [6.07, 6.45) is -2.30. The van der Waals surface area contributed by atoms with Gasteiger partial charge in [0.15, 0.2) is 11.3 Å². The van der Waals surface area contributed by atoms with E-state index in [0.29, 0.717) is 24.2 Å². The summed E-state index contributed by atoms with van der Waals surface area (Å²) in [5.74, 6) is -1.39.